The third-order valence-corrected chi connectivity index (χ3v) is 4.04. The quantitative estimate of drug-likeness (QED) is 0.410. The van der Waals surface area contributed by atoms with E-state index in [9.17, 15) is 0 Å². The molecule has 24 heavy (non-hydrogen) atoms. The SMILES string of the molecule is CCCOc1ccc(CN=C(N)N2CCCCCC2)cc1OC.I. The number of guanidine groups is 1. The van der Waals surface area contributed by atoms with Crippen molar-refractivity contribution < 1.29 is 9.47 Å². The summed E-state index contributed by atoms with van der Waals surface area (Å²) in [6.07, 6.45) is 5.96. The minimum atomic E-state index is 0. The Hall–Kier alpha value is -1.18. The molecule has 0 radical (unpaired) electrons. The predicted octanol–water partition coefficient (Wildman–Crippen LogP) is 3.79. The van der Waals surface area contributed by atoms with Crippen molar-refractivity contribution in [2.24, 2.45) is 10.7 Å². The standard InChI is InChI=1S/C18H29N3O2.HI/c1-3-12-23-16-9-8-15(13-17(16)22-2)14-20-18(19)21-10-6-4-5-7-11-21;/h8-9,13H,3-7,10-12,14H2,1-2H3,(H2,19,20);1H. The molecule has 0 atom stereocenters. The number of ether oxygens (including phenoxy) is 2. The maximum Gasteiger partial charge on any atom is 0.191 e. The van der Waals surface area contributed by atoms with E-state index in [2.05, 4.69) is 16.8 Å². The third kappa shape index (κ3) is 6.37. The van der Waals surface area contributed by atoms with Gasteiger partial charge in [-0.2, -0.15) is 0 Å². The Bertz CT molecular complexity index is 515. The summed E-state index contributed by atoms with van der Waals surface area (Å²) >= 11 is 0. The fourth-order valence-corrected chi connectivity index (χ4v) is 2.71. The normalized spacial score (nSPS) is 15.4. The third-order valence-electron chi connectivity index (χ3n) is 4.04. The lowest BCUT2D eigenvalue weighted by atomic mass is 10.2. The Kier molecular flexibility index (Phi) is 9.90. The van der Waals surface area contributed by atoms with Gasteiger partial charge in [0.1, 0.15) is 0 Å². The van der Waals surface area contributed by atoms with E-state index in [4.69, 9.17) is 15.2 Å². The molecule has 1 saturated heterocycles. The highest BCUT2D eigenvalue weighted by atomic mass is 127. The van der Waals surface area contributed by atoms with Crippen LogP contribution in [0.15, 0.2) is 23.2 Å². The number of methoxy groups -OCH3 is 1. The maximum absolute atomic E-state index is 6.15. The number of aliphatic imine (C=N–C) groups is 1. The second-order valence-electron chi connectivity index (χ2n) is 5.91. The smallest absolute Gasteiger partial charge is 0.191 e. The van der Waals surface area contributed by atoms with Gasteiger partial charge < -0.3 is 20.1 Å². The molecule has 0 aromatic heterocycles. The number of likely N-dealkylation sites (tertiary alicyclic amines) is 1. The van der Waals surface area contributed by atoms with Gasteiger partial charge in [-0.05, 0) is 37.0 Å². The molecule has 1 aliphatic heterocycles. The molecule has 1 fully saturated rings. The Morgan fingerprint density at radius 3 is 2.50 bits per heavy atom. The molecule has 0 bridgehead atoms. The topological polar surface area (TPSA) is 60.1 Å². The lowest BCUT2D eigenvalue weighted by Crippen LogP contribution is -2.38. The van der Waals surface area contributed by atoms with Crippen LogP contribution in [0.5, 0.6) is 11.5 Å². The van der Waals surface area contributed by atoms with Gasteiger partial charge in [-0.1, -0.05) is 25.8 Å². The number of hydrogen-bond acceptors (Lipinski definition) is 3. The van der Waals surface area contributed by atoms with Crippen LogP contribution in [0.2, 0.25) is 0 Å². The van der Waals surface area contributed by atoms with Crippen molar-refractivity contribution >= 4 is 29.9 Å². The van der Waals surface area contributed by atoms with Crippen LogP contribution in [-0.4, -0.2) is 37.7 Å². The van der Waals surface area contributed by atoms with Crippen molar-refractivity contribution in [3.8, 4) is 11.5 Å². The summed E-state index contributed by atoms with van der Waals surface area (Å²) in [5.41, 5.74) is 7.22. The van der Waals surface area contributed by atoms with Gasteiger partial charge in [0.05, 0.1) is 20.3 Å². The lowest BCUT2D eigenvalue weighted by molar-refractivity contribution is 0.294. The molecule has 0 aliphatic carbocycles. The zero-order valence-corrected chi connectivity index (χ0v) is 17.1. The number of hydrogen-bond donors (Lipinski definition) is 1. The Labute approximate surface area is 162 Å². The molecule has 2 rings (SSSR count). The molecule has 1 aromatic rings. The zero-order chi connectivity index (χ0) is 16.5. The summed E-state index contributed by atoms with van der Waals surface area (Å²) in [4.78, 5) is 6.75. The molecule has 136 valence electrons. The van der Waals surface area contributed by atoms with Crippen LogP contribution >= 0.6 is 24.0 Å². The Balaban J connectivity index is 0.00000288. The minimum Gasteiger partial charge on any atom is -0.493 e. The largest absolute Gasteiger partial charge is 0.493 e. The highest BCUT2D eigenvalue weighted by molar-refractivity contribution is 14.0. The molecule has 2 N–H and O–H groups in total. The molecule has 5 nitrogen and oxygen atoms in total. The van der Waals surface area contributed by atoms with Crippen LogP contribution in [0, 0.1) is 0 Å². The molecule has 0 unspecified atom stereocenters. The molecule has 1 aromatic carbocycles. The van der Waals surface area contributed by atoms with E-state index in [0.29, 0.717) is 19.1 Å². The number of halogens is 1. The monoisotopic (exact) mass is 447 g/mol. The molecule has 0 amide bonds. The van der Waals surface area contributed by atoms with Gasteiger partial charge in [-0.25, -0.2) is 4.99 Å². The summed E-state index contributed by atoms with van der Waals surface area (Å²) < 4.78 is 11.1. The number of rotatable bonds is 6. The summed E-state index contributed by atoms with van der Waals surface area (Å²) in [6.45, 7) is 5.37. The summed E-state index contributed by atoms with van der Waals surface area (Å²) in [5, 5.41) is 0. The van der Waals surface area contributed by atoms with Crippen LogP contribution in [0.1, 0.15) is 44.6 Å². The zero-order valence-electron chi connectivity index (χ0n) is 14.8. The van der Waals surface area contributed by atoms with Crippen molar-refractivity contribution in [3.63, 3.8) is 0 Å². The minimum absolute atomic E-state index is 0. The Morgan fingerprint density at radius 2 is 1.88 bits per heavy atom. The fourth-order valence-electron chi connectivity index (χ4n) is 2.71. The molecular formula is C18H30IN3O2. The molecule has 1 aliphatic rings. The van der Waals surface area contributed by atoms with Crippen molar-refractivity contribution in [1.29, 1.82) is 0 Å². The first-order chi connectivity index (χ1) is 11.2. The van der Waals surface area contributed by atoms with Crippen molar-refractivity contribution in [3.05, 3.63) is 23.8 Å². The van der Waals surface area contributed by atoms with Crippen LogP contribution in [0.25, 0.3) is 0 Å². The van der Waals surface area contributed by atoms with Gasteiger partial charge in [0.2, 0.25) is 0 Å². The number of benzene rings is 1. The van der Waals surface area contributed by atoms with E-state index in [1.807, 2.05) is 18.2 Å². The molecule has 0 saturated carbocycles. The molecule has 6 heteroatoms. The van der Waals surface area contributed by atoms with Gasteiger partial charge in [0.15, 0.2) is 17.5 Å². The summed E-state index contributed by atoms with van der Waals surface area (Å²) in [6, 6.07) is 5.94. The number of nitrogens with two attached hydrogens (primary N) is 1. The summed E-state index contributed by atoms with van der Waals surface area (Å²) in [7, 11) is 1.66. The van der Waals surface area contributed by atoms with Crippen LogP contribution in [0.4, 0.5) is 0 Å². The van der Waals surface area contributed by atoms with Crippen LogP contribution in [-0.2, 0) is 6.54 Å². The van der Waals surface area contributed by atoms with Crippen LogP contribution in [0.3, 0.4) is 0 Å². The van der Waals surface area contributed by atoms with E-state index in [1.54, 1.807) is 7.11 Å². The van der Waals surface area contributed by atoms with Crippen molar-refractivity contribution in [1.82, 2.24) is 4.90 Å². The van der Waals surface area contributed by atoms with E-state index in [0.717, 1.165) is 36.6 Å². The van der Waals surface area contributed by atoms with Gasteiger partial charge in [-0.3, -0.25) is 0 Å². The second kappa shape index (κ2) is 11.4. The van der Waals surface area contributed by atoms with Gasteiger partial charge in [0, 0.05) is 13.1 Å². The molecule has 0 spiro atoms. The highest BCUT2D eigenvalue weighted by Crippen LogP contribution is 2.28. The molecular weight excluding hydrogens is 417 g/mol. The van der Waals surface area contributed by atoms with E-state index < -0.39 is 0 Å². The first kappa shape index (κ1) is 20.9. The van der Waals surface area contributed by atoms with Crippen molar-refractivity contribution in [2.75, 3.05) is 26.8 Å². The first-order valence-corrected chi connectivity index (χ1v) is 8.59. The second-order valence-corrected chi connectivity index (χ2v) is 5.91. The van der Waals surface area contributed by atoms with Crippen LogP contribution < -0.4 is 15.2 Å². The first-order valence-electron chi connectivity index (χ1n) is 8.59. The average Bonchev–Trinajstić information content (AvgIpc) is 2.87. The lowest BCUT2D eigenvalue weighted by Gasteiger charge is -2.21. The predicted molar refractivity (Wildman–Crippen MR) is 110 cm³/mol. The number of nitrogens with zero attached hydrogens (tertiary/aromatic N) is 2. The van der Waals surface area contributed by atoms with Gasteiger partial charge in [0.25, 0.3) is 0 Å². The maximum atomic E-state index is 6.15. The highest BCUT2D eigenvalue weighted by Gasteiger charge is 2.11. The fraction of sp³-hybridized carbons (Fsp3) is 0.611. The van der Waals surface area contributed by atoms with E-state index >= 15 is 0 Å². The summed E-state index contributed by atoms with van der Waals surface area (Å²) in [5.74, 6) is 2.18. The van der Waals surface area contributed by atoms with Gasteiger partial charge in [-0.15, -0.1) is 24.0 Å². The van der Waals surface area contributed by atoms with Gasteiger partial charge >= 0.3 is 0 Å². The molecule has 1 heterocycles. The Morgan fingerprint density at radius 1 is 1.17 bits per heavy atom. The average molecular weight is 447 g/mol. The van der Waals surface area contributed by atoms with E-state index in [1.165, 1.54) is 25.7 Å². The van der Waals surface area contributed by atoms with E-state index in [-0.39, 0.29) is 24.0 Å². The van der Waals surface area contributed by atoms with Crippen molar-refractivity contribution in [2.45, 2.75) is 45.6 Å².